The molecule has 0 bridgehead atoms. The second-order valence-electron chi connectivity index (χ2n) is 6.68. The number of aliphatic hydroxyl groups excluding tert-OH is 2. The van der Waals surface area contributed by atoms with Crippen LogP contribution in [-0.2, 0) is 17.9 Å². The van der Waals surface area contributed by atoms with Crippen molar-refractivity contribution in [3.8, 4) is 0 Å². The fraction of sp³-hybridized carbons (Fsp3) is 0.167. The molecule has 0 aliphatic rings. The highest BCUT2D eigenvalue weighted by Gasteiger charge is 2.17. The SMILES string of the molecule is C=CC(=O)/C(O)=C/c1ncc(CO)n1CCC(c1ccccc1)c1ccccc1. The molecule has 0 radical (unpaired) electrons. The zero-order valence-electron chi connectivity index (χ0n) is 16.1. The van der Waals surface area contributed by atoms with E-state index in [0.29, 0.717) is 18.1 Å². The van der Waals surface area contributed by atoms with Crippen LogP contribution in [0.1, 0.15) is 35.0 Å². The highest BCUT2D eigenvalue weighted by atomic mass is 16.3. The Morgan fingerprint density at radius 3 is 2.17 bits per heavy atom. The van der Waals surface area contributed by atoms with Crippen molar-refractivity contribution in [2.75, 3.05) is 0 Å². The molecule has 0 fully saturated rings. The number of nitrogens with zero attached hydrogens (tertiary/aromatic N) is 2. The molecule has 0 unspecified atom stereocenters. The van der Waals surface area contributed by atoms with Gasteiger partial charge in [-0.1, -0.05) is 67.2 Å². The van der Waals surface area contributed by atoms with Gasteiger partial charge in [-0.05, 0) is 23.6 Å². The fourth-order valence-corrected chi connectivity index (χ4v) is 3.38. The Morgan fingerprint density at radius 1 is 1.07 bits per heavy atom. The molecular formula is C24H24N2O3. The Morgan fingerprint density at radius 2 is 1.66 bits per heavy atom. The van der Waals surface area contributed by atoms with Gasteiger partial charge in [0.05, 0.1) is 18.5 Å². The highest BCUT2D eigenvalue weighted by Crippen LogP contribution is 2.29. The molecule has 29 heavy (non-hydrogen) atoms. The number of hydrogen-bond acceptors (Lipinski definition) is 4. The van der Waals surface area contributed by atoms with Crippen LogP contribution < -0.4 is 0 Å². The maximum atomic E-state index is 11.6. The monoisotopic (exact) mass is 388 g/mol. The molecule has 3 rings (SSSR count). The Kier molecular flexibility index (Phi) is 6.76. The first kappa shape index (κ1) is 20.3. The zero-order chi connectivity index (χ0) is 20.6. The van der Waals surface area contributed by atoms with Crippen LogP contribution >= 0.6 is 0 Å². The molecule has 148 valence electrons. The predicted molar refractivity (Wildman–Crippen MR) is 113 cm³/mol. The number of imidazole rings is 1. The standard InChI is InChI=1S/C24H24N2O3/c1-2-22(28)23(29)15-24-25-16-20(17-27)26(24)14-13-21(18-9-5-3-6-10-18)19-11-7-4-8-12-19/h2-12,15-16,21,27,29H,1,13-14,17H2/b23-15-. The van der Waals surface area contributed by atoms with Crippen molar-refractivity contribution in [3.63, 3.8) is 0 Å². The maximum Gasteiger partial charge on any atom is 0.219 e. The molecule has 2 aromatic carbocycles. The van der Waals surface area contributed by atoms with E-state index in [0.717, 1.165) is 12.5 Å². The van der Waals surface area contributed by atoms with Crippen LogP contribution in [0.5, 0.6) is 0 Å². The second kappa shape index (κ2) is 9.66. The smallest absolute Gasteiger partial charge is 0.219 e. The van der Waals surface area contributed by atoms with Crippen molar-refractivity contribution < 1.29 is 15.0 Å². The number of aromatic nitrogens is 2. The first-order chi connectivity index (χ1) is 14.1. The minimum Gasteiger partial charge on any atom is -0.504 e. The molecule has 0 amide bonds. The summed E-state index contributed by atoms with van der Waals surface area (Å²) < 4.78 is 1.82. The van der Waals surface area contributed by atoms with Crippen LogP contribution in [0.2, 0.25) is 0 Å². The molecule has 0 atom stereocenters. The third-order valence-corrected chi connectivity index (χ3v) is 4.88. The lowest BCUT2D eigenvalue weighted by Gasteiger charge is -2.19. The summed E-state index contributed by atoms with van der Waals surface area (Å²) in [5, 5.41) is 19.6. The fourth-order valence-electron chi connectivity index (χ4n) is 3.38. The van der Waals surface area contributed by atoms with Crippen LogP contribution in [-0.4, -0.2) is 25.5 Å². The summed E-state index contributed by atoms with van der Waals surface area (Å²) in [6.45, 7) is 3.76. The van der Waals surface area contributed by atoms with E-state index < -0.39 is 11.5 Å². The van der Waals surface area contributed by atoms with Gasteiger partial charge in [-0.25, -0.2) is 4.98 Å². The molecule has 0 saturated heterocycles. The number of ketones is 1. The van der Waals surface area contributed by atoms with Crippen LogP contribution in [0.25, 0.3) is 6.08 Å². The zero-order valence-corrected chi connectivity index (χ0v) is 16.1. The van der Waals surface area contributed by atoms with Gasteiger partial charge < -0.3 is 14.8 Å². The van der Waals surface area contributed by atoms with E-state index in [2.05, 4.69) is 35.8 Å². The van der Waals surface area contributed by atoms with Crippen molar-refractivity contribution >= 4 is 11.9 Å². The van der Waals surface area contributed by atoms with Gasteiger partial charge in [0, 0.05) is 18.5 Å². The molecule has 0 aliphatic carbocycles. The first-order valence-corrected chi connectivity index (χ1v) is 9.46. The second-order valence-corrected chi connectivity index (χ2v) is 6.68. The van der Waals surface area contributed by atoms with Crippen molar-refractivity contribution in [3.05, 3.63) is 108 Å². The molecule has 0 aliphatic heterocycles. The molecule has 1 aromatic heterocycles. The molecule has 5 heteroatoms. The molecule has 5 nitrogen and oxygen atoms in total. The predicted octanol–water partition coefficient (Wildman–Crippen LogP) is 4.25. The van der Waals surface area contributed by atoms with E-state index in [1.54, 1.807) is 6.20 Å². The molecule has 0 spiro atoms. The minimum absolute atomic E-state index is 0.159. The van der Waals surface area contributed by atoms with E-state index in [1.165, 1.54) is 17.2 Å². The molecule has 3 aromatic rings. The van der Waals surface area contributed by atoms with Gasteiger partial charge >= 0.3 is 0 Å². The largest absolute Gasteiger partial charge is 0.504 e. The van der Waals surface area contributed by atoms with Crippen molar-refractivity contribution in [1.29, 1.82) is 0 Å². The average Bonchev–Trinajstić information content (AvgIpc) is 3.16. The maximum absolute atomic E-state index is 11.6. The van der Waals surface area contributed by atoms with E-state index in [1.807, 2.05) is 41.0 Å². The summed E-state index contributed by atoms with van der Waals surface area (Å²) in [6, 6.07) is 20.5. The van der Waals surface area contributed by atoms with Crippen LogP contribution in [0.3, 0.4) is 0 Å². The lowest BCUT2D eigenvalue weighted by atomic mass is 9.88. The Labute approximate surface area is 170 Å². The lowest BCUT2D eigenvalue weighted by Crippen LogP contribution is -2.11. The van der Waals surface area contributed by atoms with Gasteiger partial charge in [-0.2, -0.15) is 0 Å². The van der Waals surface area contributed by atoms with E-state index in [4.69, 9.17) is 0 Å². The number of rotatable bonds is 9. The number of hydrogen-bond donors (Lipinski definition) is 2. The Hall–Kier alpha value is -3.44. The van der Waals surface area contributed by atoms with Crippen LogP contribution in [0.15, 0.2) is 85.3 Å². The molecule has 2 N–H and O–H groups in total. The van der Waals surface area contributed by atoms with Gasteiger partial charge in [-0.15, -0.1) is 0 Å². The van der Waals surface area contributed by atoms with Gasteiger partial charge in [0.2, 0.25) is 5.78 Å². The van der Waals surface area contributed by atoms with Crippen molar-refractivity contribution in [1.82, 2.24) is 9.55 Å². The third-order valence-electron chi connectivity index (χ3n) is 4.88. The van der Waals surface area contributed by atoms with E-state index in [9.17, 15) is 15.0 Å². The van der Waals surface area contributed by atoms with Gasteiger partial charge in [0.1, 0.15) is 5.82 Å². The summed E-state index contributed by atoms with van der Waals surface area (Å²) >= 11 is 0. The van der Waals surface area contributed by atoms with Gasteiger partial charge in [0.25, 0.3) is 0 Å². The van der Waals surface area contributed by atoms with Crippen molar-refractivity contribution in [2.24, 2.45) is 0 Å². The average molecular weight is 388 g/mol. The summed E-state index contributed by atoms with van der Waals surface area (Å²) in [6.07, 6.45) is 4.67. The number of benzene rings is 2. The van der Waals surface area contributed by atoms with Crippen LogP contribution in [0.4, 0.5) is 0 Å². The summed E-state index contributed by atoms with van der Waals surface area (Å²) in [4.78, 5) is 15.9. The number of carbonyl (C=O) groups excluding carboxylic acids is 1. The summed E-state index contributed by atoms with van der Waals surface area (Å²) in [5.41, 5.74) is 3.02. The van der Waals surface area contributed by atoms with Gasteiger partial charge in [0.15, 0.2) is 5.76 Å². The minimum atomic E-state index is -0.573. The number of allylic oxidation sites excluding steroid dienone is 1. The first-order valence-electron chi connectivity index (χ1n) is 9.46. The quantitative estimate of drug-likeness (QED) is 0.424. The normalized spacial score (nSPS) is 11.6. The Balaban J connectivity index is 1.91. The number of aliphatic hydroxyl groups is 2. The molecular weight excluding hydrogens is 364 g/mol. The highest BCUT2D eigenvalue weighted by molar-refractivity contribution is 6.04. The molecule has 1 heterocycles. The van der Waals surface area contributed by atoms with E-state index >= 15 is 0 Å². The topological polar surface area (TPSA) is 75.3 Å². The van der Waals surface area contributed by atoms with E-state index in [-0.39, 0.29) is 12.5 Å². The van der Waals surface area contributed by atoms with Crippen molar-refractivity contribution in [2.45, 2.75) is 25.5 Å². The van der Waals surface area contributed by atoms with Gasteiger partial charge in [-0.3, -0.25) is 4.79 Å². The molecule has 0 saturated carbocycles. The summed E-state index contributed by atoms with van der Waals surface area (Å²) in [5.74, 6) is -0.427. The van der Waals surface area contributed by atoms with Crippen LogP contribution in [0, 0.1) is 0 Å². The third kappa shape index (κ3) is 4.89. The summed E-state index contributed by atoms with van der Waals surface area (Å²) in [7, 11) is 0. The number of carbonyl (C=O) groups is 1. The lowest BCUT2D eigenvalue weighted by molar-refractivity contribution is -0.113. The Bertz CT molecular complexity index is 952.